The van der Waals surface area contributed by atoms with Crippen LogP contribution in [-0.2, 0) is 9.47 Å². The first kappa shape index (κ1) is 14.7. The predicted octanol–water partition coefficient (Wildman–Crippen LogP) is 1.87. The van der Waals surface area contributed by atoms with Gasteiger partial charge in [-0.1, -0.05) is 12.1 Å². The Labute approximate surface area is 109 Å². The number of rotatable bonds is 8. The lowest BCUT2D eigenvalue weighted by molar-refractivity contribution is 0.0712. The van der Waals surface area contributed by atoms with E-state index in [1.165, 1.54) is 5.56 Å². The first-order valence-electron chi connectivity index (χ1n) is 6.08. The molecule has 0 aliphatic heterocycles. The molecule has 1 rings (SSSR count). The summed E-state index contributed by atoms with van der Waals surface area (Å²) in [5.41, 5.74) is 1.86. The second kappa shape index (κ2) is 8.65. The third-order valence-electron chi connectivity index (χ3n) is 2.67. The molecule has 98 valence electrons. The lowest BCUT2D eigenvalue weighted by Crippen LogP contribution is -2.23. The third-order valence-corrected chi connectivity index (χ3v) is 2.67. The number of benzene rings is 1. The molecule has 0 amide bonds. The average molecular weight is 248 g/mol. The van der Waals surface area contributed by atoms with Gasteiger partial charge >= 0.3 is 0 Å². The van der Waals surface area contributed by atoms with Gasteiger partial charge in [-0.3, -0.25) is 0 Å². The van der Waals surface area contributed by atoms with E-state index in [0.717, 1.165) is 6.54 Å². The molecule has 1 aromatic rings. The molecular formula is C14H20N2O2. The Morgan fingerprint density at radius 3 is 2.56 bits per heavy atom. The fourth-order valence-corrected chi connectivity index (χ4v) is 1.56. The van der Waals surface area contributed by atoms with E-state index in [-0.39, 0.29) is 6.04 Å². The van der Waals surface area contributed by atoms with Crippen molar-refractivity contribution in [2.75, 3.05) is 33.5 Å². The first-order chi connectivity index (χ1) is 8.77. The molecule has 0 saturated carbocycles. The van der Waals surface area contributed by atoms with Crippen molar-refractivity contribution in [3.63, 3.8) is 0 Å². The summed E-state index contributed by atoms with van der Waals surface area (Å²) < 4.78 is 10.3. The van der Waals surface area contributed by atoms with Gasteiger partial charge in [0.15, 0.2) is 0 Å². The van der Waals surface area contributed by atoms with Gasteiger partial charge in [0.05, 0.1) is 31.5 Å². The van der Waals surface area contributed by atoms with E-state index in [4.69, 9.17) is 14.7 Å². The van der Waals surface area contributed by atoms with Crippen LogP contribution >= 0.6 is 0 Å². The van der Waals surface area contributed by atoms with Crippen molar-refractivity contribution in [3.8, 4) is 6.07 Å². The number of nitrogens with one attached hydrogen (secondary N) is 1. The highest BCUT2D eigenvalue weighted by Gasteiger charge is 2.03. The average Bonchev–Trinajstić information content (AvgIpc) is 2.42. The van der Waals surface area contributed by atoms with E-state index in [9.17, 15) is 0 Å². The summed E-state index contributed by atoms with van der Waals surface area (Å²) in [5.74, 6) is 0. The van der Waals surface area contributed by atoms with Gasteiger partial charge in [-0.05, 0) is 24.6 Å². The molecule has 0 radical (unpaired) electrons. The summed E-state index contributed by atoms with van der Waals surface area (Å²) >= 11 is 0. The van der Waals surface area contributed by atoms with E-state index in [1.807, 2.05) is 24.3 Å². The Hall–Kier alpha value is -1.41. The highest BCUT2D eigenvalue weighted by molar-refractivity contribution is 5.32. The van der Waals surface area contributed by atoms with Crippen molar-refractivity contribution in [2.24, 2.45) is 0 Å². The molecule has 1 unspecified atom stereocenters. The lowest BCUT2D eigenvalue weighted by atomic mass is 10.1. The van der Waals surface area contributed by atoms with Crippen molar-refractivity contribution in [2.45, 2.75) is 13.0 Å². The summed E-state index contributed by atoms with van der Waals surface area (Å²) in [4.78, 5) is 0. The summed E-state index contributed by atoms with van der Waals surface area (Å²) in [6.45, 7) is 4.82. The zero-order chi connectivity index (χ0) is 13.2. The fraction of sp³-hybridized carbons (Fsp3) is 0.500. The SMILES string of the molecule is COCCOCCNC(C)c1ccc(C#N)cc1. The maximum atomic E-state index is 8.72. The Morgan fingerprint density at radius 2 is 1.94 bits per heavy atom. The van der Waals surface area contributed by atoms with Crippen LogP contribution < -0.4 is 5.32 Å². The second-order valence-electron chi connectivity index (χ2n) is 4.01. The lowest BCUT2D eigenvalue weighted by Gasteiger charge is -2.14. The molecular weight excluding hydrogens is 228 g/mol. The van der Waals surface area contributed by atoms with Crippen molar-refractivity contribution in [3.05, 3.63) is 35.4 Å². The van der Waals surface area contributed by atoms with Gasteiger partial charge < -0.3 is 14.8 Å². The molecule has 0 bridgehead atoms. The molecule has 1 aromatic carbocycles. The van der Waals surface area contributed by atoms with Gasteiger partial charge in [-0.15, -0.1) is 0 Å². The molecule has 0 aromatic heterocycles. The van der Waals surface area contributed by atoms with Gasteiger partial charge in [0.1, 0.15) is 0 Å². The van der Waals surface area contributed by atoms with Crippen LogP contribution in [0.15, 0.2) is 24.3 Å². The van der Waals surface area contributed by atoms with Gasteiger partial charge in [-0.25, -0.2) is 0 Å². The van der Waals surface area contributed by atoms with E-state index in [0.29, 0.717) is 25.4 Å². The van der Waals surface area contributed by atoms with Crippen molar-refractivity contribution < 1.29 is 9.47 Å². The summed E-state index contributed by atoms with van der Waals surface area (Å²) in [6, 6.07) is 9.99. The molecule has 0 aliphatic rings. The van der Waals surface area contributed by atoms with Gasteiger partial charge in [0.2, 0.25) is 0 Å². The van der Waals surface area contributed by atoms with Crippen LogP contribution in [0.5, 0.6) is 0 Å². The number of nitriles is 1. The van der Waals surface area contributed by atoms with Crippen molar-refractivity contribution in [1.82, 2.24) is 5.32 Å². The number of hydrogen-bond donors (Lipinski definition) is 1. The van der Waals surface area contributed by atoms with Gasteiger partial charge in [0, 0.05) is 19.7 Å². The highest BCUT2D eigenvalue weighted by Crippen LogP contribution is 2.12. The molecule has 0 spiro atoms. The molecule has 0 fully saturated rings. The van der Waals surface area contributed by atoms with Crippen LogP contribution in [0.4, 0.5) is 0 Å². The minimum atomic E-state index is 0.253. The molecule has 4 nitrogen and oxygen atoms in total. The van der Waals surface area contributed by atoms with Crippen LogP contribution in [-0.4, -0.2) is 33.5 Å². The summed E-state index contributed by atoms with van der Waals surface area (Å²) in [6.07, 6.45) is 0. The van der Waals surface area contributed by atoms with Crippen molar-refractivity contribution >= 4 is 0 Å². The van der Waals surface area contributed by atoms with E-state index < -0.39 is 0 Å². The number of ether oxygens (including phenoxy) is 2. The molecule has 0 heterocycles. The standard InChI is InChI=1S/C14H20N2O2/c1-12(16-7-8-18-10-9-17-2)14-5-3-13(11-15)4-6-14/h3-6,12,16H,7-10H2,1-2H3. The quantitative estimate of drug-likeness (QED) is 0.714. The Kier molecular flexibility index (Phi) is 7.04. The number of methoxy groups -OCH3 is 1. The Bertz CT molecular complexity index is 370. The Morgan fingerprint density at radius 1 is 1.22 bits per heavy atom. The molecule has 0 aliphatic carbocycles. The fourth-order valence-electron chi connectivity index (χ4n) is 1.56. The smallest absolute Gasteiger partial charge is 0.0991 e. The normalized spacial score (nSPS) is 12.1. The number of nitrogens with zero attached hydrogens (tertiary/aromatic N) is 1. The van der Waals surface area contributed by atoms with E-state index >= 15 is 0 Å². The molecule has 0 saturated heterocycles. The van der Waals surface area contributed by atoms with Gasteiger partial charge in [-0.2, -0.15) is 5.26 Å². The van der Waals surface area contributed by atoms with Crippen LogP contribution in [0.25, 0.3) is 0 Å². The second-order valence-corrected chi connectivity index (χ2v) is 4.01. The minimum Gasteiger partial charge on any atom is -0.382 e. The van der Waals surface area contributed by atoms with E-state index in [2.05, 4.69) is 18.3 Å². The molecule has 18 heavy (non-hydrogen) atoms. The summed E-state index contributed by atoms with van der Waals surface area (Å²) in [5, 5.41) is 12.1. The molecule has 1 N–H and O–H groups in total. The maximum absolute atomic E-state index is 8.72. The van der Waals surface area contributed by atoms with Gasteiger partial charge in [0.25, 0.3) is 0 Å². The summed E-state index contributed by atoms with van der Waals surface area (Å²) in [7, 11) is 1.66. The maximum Gasteiger partial charge on any atom is 0.0991 e. The van der Waals surface area contributed by atoms with Crippen molar-refractivity contribution in [1.29, 1.82) is 5.26 Å². The molecule has 1 atom stereocenters. The topological polar surface area (TPSA) is 54.3 Å². The molecule has 4 heteroatoms. The zero-order valence-electron chi connectivity index (χ0n) is 11.0. The van der Waals surface area contributed by atoms with Crippen LogP contribution in [0.1, 0.15) is 24.1 Å². The van der Waals surface area contributed by atoms with E-state index in [1.54, 1.807) is 7.11 Å². The predicted molar refractivity (Wildman–Crippen MR) is 70.3 cm³/mol. The van der Waals surface area contributed by atoms with Crippen LogP contribution in [0.2, 0.25) is 0 Å². The third kappa shape index (κ3) is 5.28. The largest absolute Gasteiger partial charge is 0.382 e. The minimum absolute atomic E-state index is 0.253. The highest BCUT2D eigenvalue weighted by atomic mass is 16.5. The monoisotopic (exact) mass is 248 g/mol. The Balaban J connectivity index is 2.23. The first-order valence-corrected chi connectivity index (χ1v) is 6.08. The number of hydrogen-bond acceptors (Lipinski definition) is 4. The van der Waals surface area contributed by atoms with Crippen LogP contribution in [0.3, 0.4) is 0 Å². The zero-order valence-corrected chi connectivity index (χ0v) is 11.0. The van der Waals surface area contributed by atoms with Crippen LogP contribution in [0, 0.1) is 11.3 Å².